The van der Waals surface area contributed by atoms with Crippen LogP contribution < -0.4 is 9.47 Å². The van der Waals surface area contributed by atoms with Gasteiger partial charge in [-0.3, -0.25) is 14.2 Å². The van der Waals surface area contributed by atoms with Crippen LogP contribution in [0.5, 0.6) is 11.5 Å². The minimum atomic E-state index is -0.0687. The van der Waals surface area contributed by atoms with Crippen molar-refractivity contribution in [3.63, 3.8) is 0 Å². The Morgan fingerprint density at radius 3 is 1.58 bits per heavy atom. The molecule has 0 unspecified atom stereocenters. The molecule has 0 fully saturated rings. The molecule has 8 nitrogen and oxygen atoms in total. The molecule has 0 saturated carbocycles. The molecule has 0 atom stereocenters. The topological polar surface area (TPSA) is 91.4 Å². The molecule has 6 aromatic rings. The van der Waals surface area contributed by atoms with Gasteiger partial charge in [0.05, 0.1) is 25.4 Å². The zero-order valence-electron chi connectivity index (χ0n) is 26.7. The molecule has 10 heteroatoms. The van der Waals surface area contributed by atoms with E-state index in [0.717, 1.165) is 51.4 Å². The molecule has 2 heterocycles. The van der Waals surface area contributed by atoms with E-state index in [1.807, 2.05) is 116 Å². The van der Waals surface area contributed by atoms with Crippen LogP contribution in [0.25, 0.3) is 0 Å². The van der Waals surface area contributed by atoms with Crippen LogP contribution in [0.3, 0.4) is 0 Å². The number of nitrogens with zero attached hydrogens (tertiary/aromatic N) is 4. The van der Waals surface area contributed by atoms with Gasteiger partial charge in [0.25, 0.3) is 0 Å². The number of hydrogen-bond donors (Lipinski definition) is 1. The molecule has 0 saturated heterocycles. The van der Waals surface area contributed by atoms with E-state index in [0.29, 0.717) is 47.7 Å². The summed E-state index contributed by atoms with van der Waals surface area (Å²) in [7, 11) is 0. The summed E-state index contributed by atoms with van der Waals surface area (Å²) in [6.45, 7) is 5.81. The SMILES string of the molecule is Cc1cc(C=O)nn1Cc1cc(Cl)ccc1OCc1ccccc1.Cc1cc(CO)nn1Cc1cc(Cl)ccc1OCc1ccccc1. The lowest BCUT2D eigenvalue weighted by Crippen LogP contribution is -2.07. The first-order valence-electron chi connectivity index (χ1n) is 15.4. The van der Waals surface area contributed by atoms with Crippen molar-refractivity contribution in [2.24, 2.45) is 0 Å². The van der Waals surface area contributed by atoms with Gasteiger partial charge in [0.1, 0.15) is 30.4 Å². The summed E-state index contributed by atoms with van der Waals surface area (Å²) in [6.07, 6.45) is 0.744. The molecule has 48 heavy (non-hydrogen) atoms. The number of aldehydes is 1. The number of aliphatic hydroxyl groups excluding tert-OH is 1. The summed E-state index contributed by atoms with van der Waals surface area (Å²) in [6, 6.07) is 34.7. The van der Waals surface area contributed by atoms with Gasteiger partial charge in [0.2, 0.25) is 0 Å². The standard InChI is InChI=1S/C19H19ClN2O2.C19H17ClN2O2/c2*1-14-9-18(12-23)21-22(14)11-16-10-17(20)7-8-19(16)24-13-15-5-3-2-4-6-15/h2-10,23H,11-13H2,1H3;2-10,12H,11,13H2,1H3. The van der Waals surface area contributed by atoms with Crippen molar-refractivity contribution < 1.29 is 19.4 Å². The van der Waals surface area contributed by atoms with E-state index in [9.17, 15) is 9.90 Å². The van der Waals surface area contributed by atoms with Crippen molar-refractivity contribution in [2.75, 3.05) is 0 Å². The molecule has 0 aliphatic rings. The van der Waals surface area contributed by atoms with Crippen LogP contribution in [-0.2, 0) is 32.9 Å². The quantitative estimate of drug-likeness (QED) is 0.131. The van der Waals surface area contributed by atoms with Gasteiger partial charge >= 0.3 is 0 Å². The maximum atomic E-state index is 10.9. The summed E-state index contributed by atoms with van der Waals surface area (Å²) < 4.78 is 15.5. The average Bonchev–Trinajstić information content (AvgIpc) is 3.65. The predicted octanol–water partition coefficient (Wildman–Crippen LogP) is 8.25. The molecule has 0 spiro atoms. The number of aliphatic hydroxyl groups is 1. The lowest BCUT2D eigenvalue weighted by molar-refractivity contribution is 0.111. The third-order valence-corrected chi connectivity index (χ3v) is 7.94. The first-order chi connectivity index (χ1) is 23.3. The molecular weight excluding hydrogens is 647 g/mol. The van der Waals surface area contributed by atoms with Crippen LogP contribution in [0.4, 0.5) is 0 Å². The molecule has 1 N–H and O–H groups in total. The number of rotatable bonds is 12. The second-order valence-corrected chi connectivity index (χ2v) is 12.0. The van der Waals surface area contributed by atoms with E-state index in [1.165, 1.54) is 0 Å². The Morgan fingerprint density at radius 2 is 1.15 bits per heavy atom. The van der Waals surface area contributed by atoms with Gasteiger partial charge < -0.3 is 14.6 Å². The maximum Gasteiger partial charge on any atom is 0.170 e. The van der Waals surface area contributed by atoms with Crippen LogP contribution in [0.1, 0.15) is 49.8 Å². The van der Waals surface area contributed by atoms with Crippen molar-refractivity contribution in [2.45, 2.75) is 46.8 Å². The Balaban J connectivity index is 0.000000188. The van der Waals surface area contributed by atoms with E-state index in [-0.39, 0.29) is 6.61 Å². The molecule has 0 aliphatic carbocycles. The molecule has 2 aromatic heterocycles. The van der Waals surface area contributed by atoms with Gasteiger partial charge in [-0.15, -0.1) is 0 Å². The third-order valence-electron chi connectivity index (χ3n) is 7.47. The minimum absolute atomic E-state index is 0.0687. The largest absolute Gasteiger partial charge is 0.489 e. The molecule has 0 amide bonds. The van der Waals surface area contributed by atoms with Crippen molar-refractivity contribution >= 4 is 29.5 Å². The summed E-state index contributed by atoms with van der Waals surface area (Å²) in [4.78, 5) is 10.9. The summed E-state index contributed by atoms with van der Waals surface area (Å²) in [5.41, 5.74) is 7.03. The zero-order chi connectivity index (χ0) is 33.9. The summed E-state index contributed by atoms with van der Waals surface area (Å²) >= 11 is 12.3. The fourth-order valence-corrected chi connectivity index (χ4v) is 5.38. The Kier molecular flexibility index (Phi) is 12.0. The molecule has 246 valence electrons. The number of hydrogen-bond acceptors (Lipinski definition) is 6. The monoisotopic (exact) mass is 682 g/mol. The molecule has 0 bridgehead atoms. The van der Waals surface area contributed by atoms with E-state index < -0.39 is 0 Å². The predicted molar refractivity (Wildman–Crippen MR) is 188 cm³/mol. The normalized spacial score (nSPS) is 10.7. The van der Waals surface area contributed by atoms with Crippen LogP contribution in [0.15, 0.2) is 109 Å². The fourth-order valence-electron chi connectivity index (χ4n) is 4.99. The number of benzene rings is 4. The Hall–Kier alpha value is -4.89. The second-order valence-electron chi connectivity index (χ2n) is 11.1. The van der Waals surface area contributed by atoms with E-state index >= 15 is 0 Å². The lowest BCUT2D eigenvalue weighted by Gasteiger charge is -2.13. The van der Waals surface area contributed by atoms with Gasteiger partial charge in [-0.25, -0.2) is 0 Å². The Morgan fingerprint density at radius 1 is 0.667 bits per heavy atom. The smallest absolute Gasteiger partial charge is 0.170 e. The van der Waals surface area contributed by atoms with Gasteiger partial charge in [-0.2, -0.15) is 10.2 Å². The zero-order valence-corrected chi connectivity index (χ0v) is 28.2. The van der Waals surface area contributed by atoms with Crippen LogP contribution in [0.2, 0.25) is 10.0 Å². The molecule has 0 radical (unpaired) electrons. The van der Waals surface area contributed by atoms with Crippen molar-refractivity contribution in [3.8, 4) is 11.5 Å². The molecule has 4 aromatic carbocycles. The summed E-state index contributed by atoms with van der Waals surface area (Å²) in [5, 5.41) is 19.2. The van der Waals surface area contributed by atoms with Gasteiger partial charge in [-0.05, 0) is 73.5 Å². The van der Waals surface area contributed by atoms with Gasteiger partial charge in [0, 0.05) is 32.6 Å². The fraction of sp³-hybridized carbons (Fsp3) is 0.184. The van der Waals surface area contributed by atoms with Gasteiger partial charge in [-0.1, -0.05) is 83.9 Å². The van der Waals surface area contributed by atoms with E-state index in [1.54, 1.807) is 16.8 Å². The van der Waals surface area contributed by atoms with Crippen LogP contribution in [-0.4, -0.2) is 31.0 Å². The number of carbonyl (C=O) groups excluding carboxylic acids is 1. The highest BCUT2D eigenvalue weighted by atomic mass is 35.5. The summed E-state index contributed by atoms with van der Waals surface area (Å²) in [5.74, 6) is 1.54. The first-order valence-corrected chi connectivity index (χ1v) is 16.1. The number of carbonyl (C=O) groups is 1. The number of halogens is 2. The average molecular weight is 684 g/mol. The van der Waals surface area contributed by atoms with Crippen molar-refractivity contribution in [1.82, 2.24) is 19.6 Å². The Labute approximate surface area is 290 Å². The van der Waals surface area contributed by atoms with E-state index in [4.69, 9.17) is 32.7 Å². The highest BCUT2D eigenvalue weighted by molar-refractivity contribution is 6.31. The number of aryl methyl sites for hydroxylation is 2. The van der Waals surface area contributed by atoms with Gasteiger partial charge in [0.15, 0.2) is 6.29 Å². The van der Waals surface area contributed by atoms with Crippen LogP contribution >= 0.6 is 23.2 Å². The lowest BCUT2D eigenvalue weighted by atomic mass is 10.2. The molecule has 6 rings (SSSR count). The molecular formula is C38H36Cl2N4O4. The third kappa shape index (κ3) is 9.58. The molecule has 0 aliphatic heterocycles. The van der Waals surface area contributed by atoms with E-state index in [2.05, 4.69) is 10.2 Å². The minimum Gasteiger partial charge on any atom is -0.489 e. The highest BCUT2D eigenvalue weighted by Gasteiger charge is 2.12. The number of ether oxygens (including phenoxy) is 2. The Bertz CT molecular complexity index is 1940. The number of aromatic nitrogens is 4. The van der Waals surface area contributed by atoms with Crippen molar-refractivity contribution in [1.29, 1.82) is 0 Å². The second kappa shape index (κ2) is 16.8. The van der Waals surface area contributed by atoms with Crippen LogP contribution in [0, 0.1) is 13.8 Å². The van der Waals surface area contributed by atoms with Crippen molar-refractivity contribution in [3.05, 3.63) is 164 Å². The highest BCUT2D eigenvalue weighted by Crippen LogP contribution is 2.27. The first kappa shape index (κ1) is 34.4. The maximum absolute atomic E-state index is 10.9.